The summed E-state index contributed by atoms with van der Waals surface area (Å²) in [5, 5.41) is 0.857. The largest absolute Gasteiger partial charge is 0.495 e. The first-order valence-corrected chi connectivity index (χ1v) is 9.11. The van der Waals surface area contributed by atoms with Crippen LogP contribution in [0.15, 0.2) is 47.5 Å². The fourth-order valence-electron chi connectivity index (χ4n) is 3.35. The molecule has 0 spiro atoms. The maximum Gasteiger partial charge on any atom is 0.265 e. The first kappa shape index (κ1) is 17.5. The van der Waals surface area contributed by atoms with Crippen LogP contribution in [0.5, 0.6) is 5.75 Å². The highest BCUT2D eigenvalue weighted by Gasteiger charge is 2.20. The van der Waals surface area contributed by atoms with Crippen LogP contribution < -0.4 is 10.3 Å². The molecule has 2 heterocycles. The minimum absolute atomic E-state index is 0.0117. The van der Waals surface area contributed by atoms with Crippen LogP contribution in [0, 0.1) is 0 Å². The van der Waals surface area contributed by atoms with E-state index in [1.165, 1.54) is 18.0 Å². The molecule has 3 aromatic rings. The second-order valence-electron chi connectivity index (χ2n) is 6.47. The van der Waals surface area contributed by atoms with Gasteiger partial charge >= 0.3 is 0 Å². The standard InChI is InChI=1S/C20H18ClN3O3/c1-27-18-7-5-14(11-16(18)21)24-12-22-17-10-13(4-6-15(17)20(24)26)19(25)23-8-2-3-9-23/h4-7,10-12H,2-3,8-9H2,1H3. The first-order valence-electron chi connectivity index (χ1n) is 8.73. The number of hydrogen-bond donors (Lipinski definition) is 0. The zero-order chi connectivity index (χ0) is 19.0. The summed E-state index contributed by atoms with van der Waals surface area (Å²) in [6.45, 7) is 1.56. The van der Waals surface area contributed by atoms with Crippen LogP contribution in [0.2, 0.25) is 5.02 Å². The monoisotopic (exact) mass is 383 g/mol. The number of ether oxygens (including phenoxy) is 1. The van der Waals surface area contributed by atoms with E-state index in [4.69, 9.17) is 16.3 Å². The molecular weight excluding hydrogens is 366 g/mol. The Morgan fingerprint density at radius 1 is 1.15 bits per heavy atom. The molecular formula is C20H18ClN3O3. The molecule has 0 unspecified atom stereocenters. The van der Waals surface area contributed by atoms with Crippen LogP contribution >= 0.6 is 11.6 Å². The lowest BCUT2D eigenvalue weighted by Gasteiger charge is -2.15. The molecule has 27 heavy (non-hydrogen) atoms. The average Bonchev–Trinajstić information content (AvgIpc) is 3.22. The summed E-state index contributed by atoms with van der Waals surface area (Å²) in [7, 11) is 1.53. The van der Waals surface area contributed by atoms with Gasteiger partial charge in [0.25, 0.3) is 11.5 Å². The minimum Gasteiger partial charge on any atom is -0.495 e. The quantitative estimate of drug-likeness (QED) is 0.696. The van der Waals surface area contributed by atoms with Gasteiger partial charge in [0.05, 0.1) is 28.7 Å². The molecule has 0 radical (unpaired) electrons. The molecule has 2 aromatic carbocycles. The summed E-state index contributed by atoms with van der Waals surface area (Å²) in [6.07, 6.45) is 3.52. The van der Waals surface area contributed by atoms with Crippen molar-refractivity contribution in [2.75, 3.05) is 20.2 Å². The lowest BCUT2D eigenvalue weighted by Crippen LogP contribution is -2.27. The predicted molar refractivity (Wildman–Crippen MR) is 104 cm³/mol. The number of aromatic nitrogens is 2. The van der Waals surface area contributed by atoms with Crippen molar-refractivity contribution < 1.29 is 9.53 Å². The van der Waals surface area contributed by atoms with Gasteiger partial charge in [0.1, 0.15) is 12.1 Å². The maximum atomic E-state index is 12.9. The fraction of sp³-hybridized carbons (Fsp3) is 0.250. The Hall–Kier alpha value is -2.86. The summed E-state index contributed by atoms with van der Waals surface area (Å²) >= 11 is 6.16. The number of carbonyl (C=O) groups is 1. The second-order valence-corrected chi connectivity index (χ2v) is 6.88. The van der Waals surface area contributed by atoms with Gasteiger partial charge in [-0.25, -0.2) is 4.98 Å². The summed E-state index contributed by atoms with van der Waals surface area (Å²) in [5.41, 5.74) is 1.43. The van der Waals surface area contributed by atoms with Crippen LogP contribution in [0.1, 0.15) is 23.2 Å². The van der Waals surface area contributed by atoms with Crippen molar-refractivity contribution in [3.05, 3.63) is 63.7 Å². The van der Waals surface area contributed by atoms with Gasteiger partial charge in [0.2, 0.25) is 0 Å². The number of carbonyl (C=O) groups excluding carboxylic acids is 1. The molecule has 0 atom stereocenters. The van der Waals surface area contributed by atoms with Gasteiger partial charge in [-0.05, 0) is 49.2 Å². The number of likely N-dealkylation sites (tertiary alicyclic amines) is 1. The Labute approximate surface area is 161 Å². The molecule has 1 fully saturated rings. The van der Waals surface area contributed by atoms with E-state index in [-0.39, 0.29) is 11.5 Å². The fourth-order valence-corrected chi connectivity index (χ4v) is 3.60. The van der Waals surface area contributed by atoms with Crippen LogP contribution in [-0.4, -0.2) is 40.6 Å². The van der Waals surface area contributed by atoms with E-state index in [0.29, 0.717) is 32.9 Å². The second kappa shape index (κ2) is 7.04. The summed E-state index contributed by atoms with van der Waals surface area (Å²) in [6, 6.07) is 10.1. The topological polar surface area (TPSA) is 64.4 Å². The number of halogens is 1. The van der Waals surface area contributed by atoms with Crippen molar-refractivity contribution in [2.45, 2.75) is 12.8 Å². The highest BCUT2D eigenvalue weighted by Crippen LogP contribution is 2.26. The highest BCUT2D eigenvalue weighted by molar-refractivity contribution is 6.32. The number of methoxy groups -OCH3 is 1. The van der Waals surface area contributed by atoms with Crippen LogP contribution in [0.3, 0.4) is 0 Å². The minimum atomic E-state index is -0.221. The summed E-state index contributed by atoms with van der Waals surface area (Å²) < 4.78 is 6.57. The van der Waals surface area contributed by atoms with Gasteiger partial charge in [-0.1, -0.05) is 11.6 Å². The molecule has 4 rings (SSSR count). The maximum absolute atomic E-state index is 12.9. The SMILES string of the molecule is COc1ccc(-n2cnc3cc(C(=O)N4CCCC4)ccc3c2=O)cc1Cl. The lowest BCUT2D eigenvalue weighted by molar-refractivity contribution is 0.0793. The molecule has 0 N–H and O–H groups in total. The molecule has 1 aromatic heterocycles. The third-order valence-corrected chi connectivity index (χ3v) is 5.11. The molecule has 0 saturated carbocycles. The van der Waals surface area contributed by atoms with Crippen LogP contribution in [0.25, 0.3) is 16.6 Å². The molecule has 7 heteroatoms. The zero-order valence-corrected chi connectivity index (χ0v) is 15.6. The van der Waals surface area contributed by atoms with E-state index in [2.05, 4.69) is 4.98 Å². The van der Waals surface area contributed by atoms with Crippen LogP contribution in [-0.2, 0) is 0 Å². The Morgan fingerprint density at radius 3 is 2.63 bits per heavy atom. The van der Waals surface area contributed by atoms with Gasteiger partial charge in [-0.15, -0.1) is 0 Å². The number of benzene rings is 2. The molecule has 1 saturated heterocycles. The van der Waals surface area contributed by atoms with Crippen molar-refractivity contribution in [1.29, 1.82) is 0 Å². The Kier molecular flexibility index (Phi) is 4.58. The Morgan fingerprint density at radius 2 is 1.93 bits per heavy atom. The number of fused-ring (bicyclic) bond motifs is 1. The molecule has 138 valence electrons. The van der Waals surface area contributed by atoms with Crippen LogP contribution in [0.4, 0.5) is 0 Å². The van der Waals surface area contributed by atoms with E-state index >= 15 is 0 Å². The summed E-state index contributed by atoms with van der Waals surface area (Å²) in [5.74, 6) is 0.523. The van der Waals surface area contributed by atoms with Crippen molar-refractivity contribution in [3.8, 4) is 11.4 Å². The van der Waals surface area contributed by atoms with Crippen molar-refractivity contribution in [3.63, 3.8) is 0 Å². The molecule has 1 aliphatic heterocycles. The van der Waals surface area contributed by atoms with Gasteiger partial charge in [-0.2, -0.15) is 0 Å². The average molecular weight is 384 g/mol. The van der Waals surface area contributed by atoms with E-state index < -0.39 is 0 Å². The van der Waals surface area contributed by atoms with Gasteiger partial charge in [-0.3, -0.25) is 14.2 Å². The smallest absolute Gasteiger partial charge is 0.265 e. The number of nitrogens with zero attached hydrogens (tertiary/aromatic N) is 3. The molecule has 1 amide bonds. The van der Waals surface area contributed by atoms with Crippen molar-refractivity contribution in [2.24, 2.45) is 0 Å². The molecule has 0 aliphatic carbocycles. The van der Waals surface area contributed by atoms with E-state index in [9.17, 15) is 9.59 Å². The van der Waals surface area contributed by atoms with Gasteiger partial charge in [0, 0.05) is 18.7 Å². The molecule has 6 nitrogen and oxygen atoms in total. The highest BCUT2D eigenvalue weighted by atomic mass is 35.5. The van der Waals surface area contributed by atoms with Crippen molar-refractivity contribution in [1.82, 2.24) is 14.5 Å². The third-order valence-electron chi connectivity index (χ3n) is 4.81. The number of hydrogen-bond acceptors (Lipinski definition) is 4. The predicted octanol–water partition coefficient (Wildman–Crippen LogP) is 3.28. The zero-order valence-electron chi connectivity index (χ0n) is 14.8. The van der Waals surface area contributed by atoms with Gasteiger partial charge < -0.3 is 9.64 Å². The molecule has 1 aliphatic rings. The first-order chi connectivity index (χ1) is 13.1. The number of rotatable bonds is 3. The third kappa shape index (κ3) is 3.17. The van der Waals surface area contributed by atoms with Gasteiger partial charge in [0.15, 0.2) is 0 Å². The normalized spacial score (nSPS) is 13.9. The van der Waals surface area contributed by atoms with E-state index in [1.54, 1.807) is 36.4 Å². The van der Waals surface area contributed by atoms with Crippen molar-refractivity contribution >= 4 is 28.4 Å². The summed E-state index contributed by atoms with van der Waals surface area (Å²) in [4.78, 5) is 31.6. The Balaban J connectivity index is 1.74. The number of amides is 1. The Bertz CT molecular complexity index is 1090. The van der Waals surface area contributed by atoms with E-state index in [0.717, 1.165) is 25.9 Å². The van der Waals surface area contributed by atoms with E-state index in [1.807, 2.05) is 4.90 Å². The molecule has 0 bridgehead atoms. The lowest BCUT2D eigenvalue weighted by atomic mass is 10.1.